The SMILES string of the molecule is Cc1nc(C(=O)C2CCNCC2C)cs1. The van der Waals surface area contributed by atoms with Gasteiger partial charge in [0.2, 0.25) is 0 Å². The van der Waals surface area contributed by atoms with Crippen LogP contribution in [0.4, 0.5) is 0 Å². The molecule has 2 atom stereocenters. The number of Topliss-reactive ketones (excluding diaryl/α,β-unsaturated/α-hetero) is 1. The Morgan fingerprint density at radius 1 is 1.67 bits per heavy atom. The molecule has 0 amide bonds. The minimum absolute atomic E-state index is 0.160. The van der Waals surface area contributed by atoms with Crippen molar-refractivity contribution in [2.24, 2.45) is 11.8 Å². The molecule has 4 heteroatoms. The first-order valence-electron chi connectivity index (χ1n) is 5.35. The molecule has 15 heavy (non-hydrogen) atoms. The van der Waals surface area contributed by atoms with E-state index in [-0.39, 0.29) is 11.7 Å². The number of hydrogen-bond acceptors (Lipinski definition) is 4. The minimum atomic E-state index is 0.160. The zero-order valence-electron chi connectivity index (χ0n) is 9.12. The number of carbonyl (C=O) groups is 1. The van der Waals surface area contributed by atoms with Crippen LogP contribution in [-0.4, -0.2) is 23.9 Å². The van der Waals surface area contributed by atoms with Crippen molar-refractivity contribution in [2.45, 2.75) is 20.3 Å². The molecule has 2 heterocycles. The lowest BCUT2D eigenvalue weighted by Crippen LogP contribution is -2.38. The van der Waals surface area contributed by atoms with Gasteiger partial charge in [-0.2, -0.15) is 0 Å². The first-order chi connectivity index (χ1) is 7.18. The molecule has 0 saturated carbocycles. The summed E-state index contributed by atoms with van der Waals surface area (Å²) in [6, 6.07) is 0. The maximum atomic E-state index is 12.1. The fraction of sp³-hybridized carbons (Fsp3) is 0.636. The summed E-state index contributed by atoms with van der Waals surface area (Å²) in [4.78, 5) is 16.4. The summed E-state index contributed by atoms with van der Waals surface area (Å²) in [6.45, 7) is 5.96. The van der Waals surface area contributed by atoms with Crippen LogP contribution < -0.4 is 5.32 Å². The molecule has 1 aromatic rings. The summed E-state index contributed by atoms with van der Waals surface area (Å²) in [5.41, 5.74) is 0.663. The zero-order chi connectivity index (χ0) is 10.8. The molecule has 1 aliphatic rings. The topological polar surface area (TPSA) is 42.0 Å². The molecule has 0 spiro atoms. The number of rotatable bonds is 2. The molecule has 1 fully saturated rings. The van der Waals surface area contributed by atoms with Crippen molar-refractivity contribution < 1.29 is 4.79 Å². The van der Waals surface area contributed by atoms with Crippen LogP contribution in [0.2, 0.25) is 0 Å². The van der Waals surface area contributed by atoms with Gasteiger partial charge in [0.15, 0.2) is 5.78 Å². The van der Waals surface area contributed by atoms with E-state index in [1.54, 1.807) is 11.3 Å². The van der Waals surface area contributed by atoms with Crippen LogP contribution in [0, 0.1) is 18.8 Å². The lowest BCUT2D eigenvalue weighted by molar-refractivity contribution is 0.0843. The Morgan fingerprint density at radius 2 is 2.47 bits per heavy atom. The third kappa shape index (κ3) is 2.26. The number of aromatic nitrogens is 1. The Bertz CT molecular complexity index is 361. The van der Waals surface area contributed by atoms with Gasteiger partial charge in [-0.15, -0.1) is 11.3 Å². The molecular formula is C11H16N2OS. The van der Waals surface area contributed by atoms with Gasteiger partial charge in [-0.05, 0) is 32.4 Å². The second kappa shape index (κ2) is 4.41. The summed E-state index contributed by atoms with van der Waals surface area (Å²) in [5.74, 6) is 0.814. The van der Waals surface area contributed by atoms with E-state index >= 15 is 0 Å². The van der Waals surface area contributed by atoms with Crippen molar-refractivity contribution in [1.29, 1.82) is 0 Å². The quantitative estimate of drug-likeness (QED) is 0.780. The second-order valence-electron chi connectivity index (χ2n) is 4.19. The number of thiazole rings is 1. The fourth-order valence-electron chi connectivity index (χ4n) is 2.07. The Labute approximate surface area is 93.9 Å². The van der Waals surface area contributed by atoms with Crippen LogP contribution in [0.3, 0.4) is 0 Å². The molecule has 1 aromatic heterocycles. The van der Waals surface area contributed by atoms with E-state index in [0.717, 1.165) is 24.5 Å². The van der Waals surface area contributed by atoms with E-state index in [2.05, 4.69) is 17.2 Å². The van der Waals surface area contributed by atoms with Crippen molar-refractivity contribution in [3.8, 4) is 0 Å². The highest BCUT2D eigenvalue weighted by Crippen LogP contribution is 2.23. The monoisotopic (exact) mass is 224 g/mol. The maximum absolute atomic E-state index is 12.1. The predicted octanol–water partition coefficient (Wildman–Crippen LogP) is 1.88. The lowest BCUT2D eigenvalue weighted by Gasteiger charge is -2.27. The van der Waals surface area contributed by atoms with Gasteiger partial charge >= 0.3 is 0 Å². The summed E-state index contributed by atoms with van der Waals surface area (Å²) >= 11 is 1.55. The van der Waals surface area contributed by atoms with Crippen molar-refractivity contribution in [1.82, 2.24) is 10.3 Å². The third-order valence-electron chi connectivity index (χ3n) is 2.99. The van der Waals surface area contributed by atoms with Crippen LogP contribution in [0.1, 0.15) is 28.8 Å². The van der Waals surface area contributed by atoms with E-state index in [1.165, 1.54) is 0 Å². The highest BCUT2D eigenvalue weighted by atomic mass is 32.1. The number of nitrogens with one attached hydrogen (secondary N) is 1. The molecule has 0 aromatic carbocycles. The van der Waals surface area contributed by atoms with Gasteiger partial charge in [0.05, 0.1) is 5.01 Å². The van der Waals surface area contributed by atoms with Gasteiger partial charge in [-0.25, -0.2) is 4.98 Å². The second-order valence-corrected chi connectivity index (χ2v) is 5.25. The average Bonchev–Trinajstić information content (AvgIpc) is 2.65. The summed E-state index contributed by atoms with van der Waals surface area (Å²) in [5, 5.41) is 6.16. The predicted molar refractivity (Wildman–Crippen MR) is 61.3 cm³/mol. The molecule has 1 aliphatic heterocycles. The Balaban J connectivity index is 2.13. The van der Waals surface area contributed by atoms with Crippen LogP contribution in [0.5, 0.6) is 0 Å². The molecular weight excluding hydrogens is 208 g/mol. The van der Waals surface area contributed by atoms with E-state index in [9.17, 15) is 4.79 Å². The van der Waals surface area contributed by atoms with E-state index < -0.39 is 0 Å². The first-order valence-corrected chi connectivity index (χ1v) is 6.23. The molecule has 82 valence electrons. The van der Waals surface area contributed by atoms with Crippen LogP contribution in [-0.2, 0) is 0 Å². The lowest BCUT2D eigenvalue weighted by atomic mass is 9.84. The molecule has 1 saturated heterocycles. The molecule has 0 aliphatic carbocycles. The number of carbonyl (C=O) groups excluding carboxylic acids is 1. The molecule has 1 N–H and O–H groups in total. The van der Waals surface area contributed by atoms with Crippen LogP contribution in [0.25, 0.3) is 0 Å². The standard InChI is InChI=1S/C11H16N2OS/c1-7-5-12-4-3-9(7)11(14)10-6-15-8(2)13-10/h6-7,9,12H,3-5H2,1-2H3. The third-order valence-corrected chi connectivity index (χ3v) is 3.77. The number of ketones is 1. The van der Waals surface area contributed by atoms with Crippen molar-refractivity contribution in [2.75, 3.05) is 13.1 Å². The first kappa shape index (κ1) is 10.8. The summed E-state index contributed by atoms with van der Waals surface area (Å²) < 4.78 is 0. The van der Waals surface area contributed by atoms with Gasteiger partial charge in [0.25, 0.3) is 0 Å². The number of hydrogen-bond donors (Lipinski definition) is 1. The number of piperidine rings is 1. The number of aryl methyl sites for hydroxylation is 1. The molecule has 2 unspecified atom stereocenters. The average molecular weight is 224 g/mol. The van der Waals surface area contributed by atoms with Crippen molar-refractivity contribution in [3.63, 3.8) is 0 Å². The number of nitrogens with zero attached hydrogens (tertiary/aromatic N) is 1. The Kier molecular flexibility index (Phi) is 3.17. The van der Waals surface area contributed by atoms with E-state index in [4.69, 9.17) is 0 Å². The Hall–Kier alpha value is -0.740. The van der Waals surface area contributed by atoms with E-state index in [0.29, 0.717) is 11.6 Å². The van der Waals surface area contributed by atoms with Crippen LogP contribution >= 0.6 is 11.3 Å². The van der Waals surface area contributed by atoms with Gasteiger partial charge in [0, 0.05) is 11.3 Å². The smallest absolute Gasteiger partial charge is 0.185 e. The van der Waals surface area contributed by atoms with Crippen LogP contribution in [0.15, 0.2) is 5.38 Å². The molecule has 0 radical (unpaired) electrons. The fourth-order valence-corrected chi connectivity index (χ4v) is 2.67. The summed E-state index contributed by atoms with van der Waals surface area (Å²) in [7, 11) is 0. The zero-order valence-corrected chi connectivity index (χ0v) is 9.93. The highest BCUT2D eigenvalue weighted by Gasteiger charge is 2.29. The van der Waals surface area contributed by atoms with Crippen molar-refractivity contribution >= 4 is 17.1 Å². The normalized spacial score (nSPS) is 26.5. The van der Waals surface area contributed by atoms with Crippen molar-refractivity contribution in [3.05, 3.63) is 16.1 Å². The highest BCUT2D eigenvalue weighted by molar-refractivity contribution is 7.09. The van der Waals surface area contributed by atoms with Gasteiger partial charge in [-0.3, -0.25) is 4.79 Å². The molecule has 0 bridgehead atoms. The van der Waals surface area contributed by atoms with Gasteiger partial charge in [0.1, 0.15) is 5.69 Å². The molecule has 3 nitrogen and oxygen atoms in total. The summed E-state index contributed by atoms with van der Waals surface area (Å²) in [6.07, 6.45) is 0.941. The maximum Gasteiger partial charge on any atom is 0.185 e. The van der Waals surface area contributed by atoms with E-state index in [1.807, 2.05) is 12.3 Å². The largest absolute Gasteiger partial charge is 0.316 e. The molecule has 2 rings (SSSR count). The Morgan fingerprint density at radius 3 is 3.07 bits per heavy atom. The van der Waals surface area contributed by atoms with Gasteiger partial charge in [-0.1, -0.05) is 6.92 Å². The minimum Gasteiger partial charge on any atom is -0.316 e. The van der Waals surface area contributed by atoms with Gasteiger partial charge < -0.3 is 5.32 Å².